The lowest BCUT2D eigenvalue weighted by atomic mass is 9.62. The number of hydrogen-bond donors (Lipinski definition) is 3. The molecule has 1 saturated carbocycles. The number of rotatable bonds is 8. The second-order valence-corrected chi connectivity index (χ2v) is 11.7. The molecular formula is C30H26BrCl2N3O4. The van der Waals surface area contributed by atoms with Gasteiger partial charge in [0.1, 0.15) is 6.04 Å². The maximum atomic E-state index is 12.9. The standard InChI is InChI=1S/C30H26BrCl2N3O4/c31-24-26(30(27(24)37)13-5-2-6-14-30)36-25(29(39)40)22(17-7-3-1-4-8-17)18-9-11-19(12-10-18)35-28(38)23-20(32)15-34-16-21(23)33/h1,3-4,7-12,15-16,22,25,36H,2,5-6,13-14H2,(H,35,38)(H,39,40)/t22?,25-/m0/s1. The summed E-state index contributed by atoms with van der Waals surface area (Å²) in [7, 11) is 0. The molecule has 1 heterocycles. The van der Waals surface area contributed by atoms with Gasteiger partial charge in [0.2, 0.25) is 0 Å². The quantitative estimate of drug-likeness (QED) is 0.245. The Balaban J connectivity index is 1.46. The summed E-state index contributed by atoms with van der Waals surface area (Å²) in [5.74, 6) is -2.06. The van der Waals surface area contributed by atoms with Crippen LogP contribution in [0.1, 0.15) is 59.5 Å². The van der Waals surface area contributed by atoms with Gasteiger partial charge in [-0.05, 0) is 52.0 Å². The lowest BCUT2D eigenvalue weighted by Gasteiger charge is -2.46. The number of halogens is 3. The number of ketones is 1. The summed E-state index contributed by atoms with van der Waals surface area (Å²) < 4.78 is 0.430. The molecule has 5 rings (SSSR count). The number of anilines is 1. The van der Waals surface area contributed by atoms with Crippen molar-refractivity contribution in [1.82, 2.24) is 10.3 Å². The fourth-order valence-corrected chi connectivity index (χ4v) is 7.10. The molecule has 1 aromatic heterocycles. The van der Waals surface area contributed by atoms with Crippen LogP contribution in [0.2, 0.25) is 10.0 Å². The first-order valence-electron chi connectivity index (χ1n) is 12.9. The van der Waals surface area contributed by atoms with E-state index in [1.807, 2.05) is 30.3 Å². The Labute approximate surface area is 250 Å². The molecule has 10 heteroatoms. The van der Waals surface area contributed by atoms with Crippen LogP contribution >= 0.6 is 39.1 Å². The van der Waals surface area contributed by atoms with Crippen molar-refractivity contribution in [2.75, 3.05) is 5.32 Å². The molecule has 0 aliphatic heterocycles. The zero-order chi connectivity index (χ0) is 28.4. The number of pyridine rings is 1. The predicted octanol–water partition coefficient (Wildman–Crippen LogP) is 6.96. The molecule has 1 unspecified atom stereocenters. The summed E-state index contributed by atoms with van der Waals surface area (Å²) in [6.07, 6.45) is 7.04. The van der Waals surface area contributed by atoms with E-state index in [1.165, 1.54) is 12.4 Å². The maximum absolute atomic E-state index is 12.9. The van der Waals surface area contributed by atoms with E-state index in [9.17, 15) is 19.5 Å². The highest BCUT2D eigenvalue weighted by Crippen LogP contribution is 2.53. The number of allylic oxidation sites excluding steroid dienone is 2. The van der Waals surface area contributed by atoms with Crippen LogP contribution < -0.4 is 10.6 Å². The van der Waals surface area contributed by atoms with Gasteiger partial charge in [-0.15, -0.1) is 0 Å². The van der Waals surface area contributed by atoms with Gasteiger partial charge in [-0.3, -0.25) is 14.6 Å². The van der Waals surface area contributed by atoms with Crippen LogP contribution in [-0.2, 0) is 9.59 Å². The monoisotopic (exact) mass is 641 g/mol. The Bertz CT molecular complexity index is 1470. The molecule has 0 saturated heterocycles. The van der Waals surface area contributed by atoms with Crippen LogP contribution in [0.5, 0.6) is 0 Å². The first kappa shape index (κ1) is 28.3. The highest BCUT2D eigenvalue weighted by molar-refractivity contribution is 9.12. The molecule has 0 bridgehead atoms. The number of carboxylic acids is 1. The number of benzene rings is 2. The van der Waals surface area contributed by atoms with E-state index < -0.39 is 29.3 Å². The normalized spacial score (nSPS) is 17.6. The first-order valence-corrected chi connectivity index (χ1v) is 14.5. The summed E-state index contributed by atoms with van der Waals surface area (Å²) in [5.41, 5.74) is 2.17. The van der Waals surface area contributed by atoms with Gasteiger partial charge in [-0.1, -0.05) is 84.9 Å². The molecule has 1 amide bonds. The summed E-state index contributed by atoms with van der Waals surface area (Å²) in [5, 5.41) is 16.8. The van der Waals surface area contributed by atoms with Gasteiger partial charge in [-0.2, -0.15) is 0 Å². The topological polar surface area (TPSA) is 108 Å². The maximum Gasteiger partial charge on any atom is 0.327 e. The van der Waals surface area contributed by atoms with Gasteiger partial charge >= 0.3 is 5.97 Å². The minimum Gasteiger partial charge on any atom is -0.480 e. The van der Waals surface area contributed by atoms with E-state index in [0.717, 1.165) is 30.4 Å². The van der Waals surface area contributed by atoms with E-state index >= 15 is 0 Å². The minimum absolute atomic E-state index is 0.0459. The Morgan fingerprint density at radius 3 is 2.12 bits per heavy atom. The average molecular weight is 643 g/mol. The number of aliphatic carboxylic acids is 1. The average Bonchev–Trinajstić information content (AvgIpc) is 2.96. The third kappa shape index (κ3) is 5.28. The van der Waals surface area contributed by atoms with Crippen molar-refractivity contribution >= 4 is 62.5 Å². The SMILES string of the molecule is O=C(Nc1ccc(C(c2ccccc2)[C@H](NC2=C(Br)C(=O)C23CCCCC3)C(=O)O)cc1)c1c(Cl)cncc1Cl. The van der Waals surface area contributed by atoms with E-state index in [0.29, 0.717) is 28.7 Å². The highest BCUT2D eigenvalue weighted by atomic mass is 79.9. The Hall–Kier alpha value is -3.20. The van der Waals surface area contributed by atoms with Crippen LogP contribution in [0.4, 0.5) is 5.69 Å². The van der Waals surface area contributed by atoms with Crippen LogP contribution in [0.3, 0.4) is 0 Å². The number of Topliss-reactive ketones (excluding diaryl/α,β-unsaturated/α-hetero) is 1. The lowest BCUT2D eigenvalue weighted by Crippen LogP contribution is -2.54. The number of hydrogen-bond acceptors (Lipinski definition) is 5. The van der Waals surface area contributed by atoms with Gasteiger partial charge in [0.05, 0.1) is 25.5 Å². The fourth-order valence-electron chi connectivity index (χ4n) is 5.70. The van der Waals surface area contributed by atoms with Crippen molar-refractivity contribution in [3.8, 4) is 0 Å². The van der Waals surface area contributed by atoms with Gasteiger partial charge < -0.3 is 15.7 Å². The Morgan fingerprint density at radius 2 is 1.52 bits per heavy atom. The van der Waals surface area contributed by atoms with Crippen molar-refractivity contribution in [3.63, 3.8) is 0 Å². The molecule has 2 aliphatic rings. The lowest BCUT2D eigenvalue weighted by molar-refractivity contribution is -0.140. The number of aromatic nitrogens is 1. The van der Waals surface area contributed by atoms with Crippen LogP contribution in [-0.4, -0.2) is 33.8 Å². The number of nitrogens with one attached hydrogen (secondary N) is 2. The molecule has 0 radical (unpaired) electrons. The second kappa shape index (κ2) is 11.7. The minimum atomic E-state index is -1.05. The van der Waals surface area contributed by atoms with Crippen molar-refractivity contribution in [1.29, 1.82) is 0 Å². The molecular weight excluding hydrogens is 617 g/mol. The summed E-state index contributed by atoms with van der Waals surface area (Å²) in [4.78, 5) is 42.4. The van der Waals surface area contributed by atoms with Crippen molar-refractivity contribution in [2.24, 2.45) is 5.41 Å². The second-order valence-electron chi connectivity index (χ2n) is 10.1. The molecule has 2 atom stereocenters. The number of carbonyl (C=O) groups excluding carboxylic acids is 2. The van der Waals surface area contributed by atoms with Gasteiger partial charge in [-0.25, -0.2) is 4.79 Å². The molecule has 1 spiro atoms. The van der Waals surface area contributed by atoms with Crippen molar-refractivity contribution < 1.29 is 19.5 Å². The molecule has 40 heavy (non-hydrogen) atoms. The molecule has 7 nitrogen and oxygen atoms in total. The van der Waals surface area contributed by atoms with Crippen molar-refractivity contribution in [3.05, 3.63) is 104 Å². The molecule has 3 aromatic rings. The third-order valence-corrected chi connectivity index (χ3v) is 9.03. The van der Waals surface area contributed by atoms with E-state index in [4.69, 9.17) is 23.2 Å². The zero-order valence-electron chi connectivity index (χ0n) is 21.3. The molecule has 2 aromatic carbocycles. The molecule has 206 valence electrons. The van der Waals surface area contributed by atoms with Crippen molar-refractivity contribution in [2.45, 2.75) is 44.1 Å². The van der Waals surface area contributed by atoms with Gasteiger partial charge in [0, 0.05) is 29.7 Å². The van der Waals surface area contributed by atoms with E-state index in [2.05, 4.69) is 31.5 Å². The number of amides is 1. The first-order chi connectivity index (χ1) is 19.2. The molecule has 3 N–H and O–H groups in total. The van der Waals surface area contributed by atoms with Gasteiger partial charge in [0.15, 0.2) is 5.78 Å². The summed E-state index contributed by atoms with van der Waals surface area (Å²) >= 11 is 15.7. The van der Waals surface area contributed by atoms with Crippen LogP contribution in [0, 0.1) is 5.41 Å². The molecule has 1 fully saturated rings. The fraction of sp³-hybridized carbons (Fsp3) is 0.267. The summed E-state index contributed by atoms with van der Waals surface area (Å²) in [6.45, 7) is 0. The predicted molar refractivity (Wildman–Crippen MR) is 158 cm³/mol. The highest BCUT2D eigenvalue weighted by Gasteiger charge is 2.54. The number of carboxylic acid groups (broad SMARTS) is 1. The Kier molecular flexibility index (Phi) is 8.31. The summed E-state index contributed by atoms with van der Waals surface area (Å²) in [6, 6.07) is 15.3. The molecule has 2 aliphatic carbocycles. The largest absolute Gasteiger partial charge is 0.480 e. The Morgan fingerprint density at radius 1 is 0.925 bits per heavy atom. The van der Waals surface area contributed by atoms with E-state index in [-0.39, 0.29) is 21.4 Å². The smallest absolute Gasteiger partial charge is 0.327 e. The zero-order valence-corrected chi connectivity index (χ0v) is 24.4. The third-order valence-electron chi connectivity index (χ3n) is 7.71. The van der Waals surface area contributed by atoms with Crippen LogP contribution in [0.15, 0.2) is 77.2 Å². The number of nitrogens with zero attached hydrogens (tertiary/aromatic N) is 1. The number of carbonyl (C=O) groups is 3. The van der Waals surface area contributed by atoms with E-state index in [1.54, 1.807) is 24.3 Å². The van der Waals surface area contributed by atoms with Gasteiger partial charge in [0.25, 0.3) is 5.91 Å². The van der Waals surface area contributed by atoms with Crippen LogP contribution in [0.25, 0.3) is 0 Å².